The van der Waals surface area contributed by atoms with Gasteiger partial charge < -0.3 is 0 Å². The van der Waals surface area contributed by atoms with Gasteiger partial charge in [0.1, 0.15) is 12.7 Å². The molecule has 0 heterocycles. The molecular formula is C18H20Cl2N4S2. The maximum Gasteiger partial charge on any atom is 0.102 e. The van der Waals surface area contributed by atoms with Crippen molar-refractivity contribution in [2.75, 3.05) is 14.1 Å². The van der Waals surface area contributed by atoms with Gasteiger partial charge in [-0.2, -0.15) is 0 Å². The highest BCUT2D eigenvalue weighted by atomic mass is 35.5. The van der Waals surface area contributed by atoms with E-state index in [4.69, 9.17) is 23.2 Å². The highest BCUT2D eigenvalue weighted by Gasteiger charge is 2.01. The van der Waals surface area contributed by atoms with Crippen molar-refractivity contribution in [3.05, 3.63) is 57.6 Å². The third kappa shape index (κ3) is 6.76. The van der Waals surface area contributed by atoms with Gasteiger partial charge in [0.2, 0.25) is 0 Å². The molecule has 0 aliphatic rings. The van der Waals surface area contributed by atoms with Crippen LogP contribution in [-0.2, 0) is 0 Å². The fourth-order valence-electron chi connectivity index (χ4n) is 1.96. The molecule has 0 aromatic heterocycles. The standard InChI is InChI=1S/C18H20Cl2N4S2/c1-13-9-15(19)5-7-17(13)21-11-23(3)25-26-24(4)12-22-18-8-6-16(20)10-14(18)2/h5-12H,1-4H3/b21-11-,22-12-. The summed E-state index contributed by atoms with van der Waals surface area (Å²) in [7, 11) is 6.98. The van der Waals surface area contributed by atoms with Crippen LogP contribution in [0.1, 0.15) is 11.1 Å². The lowest BCUT2D eigenvalue weighted by Gasteiger charge is -2.15. The molecule has 0 spiro atoms. The van der Waals surface area contributed by atoms with Gasteiger partial charge in [0.25, 0.3) is 0 Å². The first-order chi connectivity index (χ1) is 12.3. The van der Waals surface area contributed by atoms with Gasteiger partial charge in [0.15, 0.2) is 0 Å². The van der Waals surface area contributed by atoms with E-state index in [0.717, 1.165) is 32.5 Å². The third-order valence-corrected chi connectivity index (χ3v) is 6.11. The van der Waals surface area contributed by atoms with E-state index in [9.17, 15) is 0 Å². The lowest BCUT2D eigenvalue weighted by Crippen LogP contribution is -2.09. The van der Waals surface area contributed by atoms with E-state index in [1.165, 1.54) is 0 Å². The van der Waals surface area contributed by atoms with Gasteiger partial charge in [-0.1, -0.05) is 23.2 Å². The van der Waals surface area contributed by atoms with E-state index in [0.29, 0.717) is 0 Å². The molecule has 0 saturated heterocycles. The van der Waals surface area contributed by atoms with E-state index in [2.05, 4.69) is 9.98 Å². The van der Waals surface area contributed by atoms with Crippen molar-refractivity contribution >= 4 is 69.2 Å². The van der Waals surface area contributed by atoms with Gasteiger partial charge in [0.05, 0.1) is 11.4 Å². The van der Waals surface area contributed by atoms with Gasteiger partial charge in [-0.05, 0) is 61.4 Å². The van der Waals surface area contributed by atoms with Crippen molar-refractivity contribution in [3.8, 4) is 0 Å². The van der Waals surface area contributed by atoms with Crippen LogP contribution in [0.3, 0.4) is 0 Å². The van der Waals surface area contributed by atoms with E-state index in [1.54, 1.807) is 34.6 Å². The van der Waals surface area contributed by atoms with E-state index in [1.807, 2.05) is 73.0 Å². The first-order valence-electron chi connectivity index (χ1n) is 7.76. The van der Waals surface area contributed by atoms with Gasteiger partial charge in [-0.15, -0.1) is 0 Å². The van der Waals surface area contributed by atoms with Crippen LogP contribution in [0.25, 0.3) is 0 Å². The number of rotatable bonds is 7. The molecule has 0 amide bonds. The summed E-state index contributed by atoms with van der Waals surface area (Å²) in [6.45, 7) is 3.98. The Bertz CT molecular complexity index is 744. The maximum absolute atomic E-state index is 5.96. The predicted octanol–water partition coefficient (Wildman–Crippen LogP) is 6.71. The summed E-state index contributed by atoms with van der Waals surface area (Å²) in [5, 5.41) is 1.44. The van der Waals surface area contributed by atoms with Crippen LogP contribution in [0.15, 0.2) is 46.4 Å². The first kappa shape index (κ1) is 21.0. The minimum absolute atomic E-state index is 0.719. The smallest absolute Gasteiger partial charge is 0.102 e. The molecule has 2 aromatic carbocycles. The molecule has 0 N–H and O–H groups in total. The molecule has 26 heavy (non-hydrogen) atoms. The second-order valence-electron chi connectivity index (χ2n) is 5.59. The van der Waals surface area contributed by atoms with Crippen LogP contribution < -0.4 is 0 Å². The van der Waals surface area contributed by atoms with E-state index < -0.39 is 0 Å². The average molecular weight is 427 g/mol. The minimum Gasteiger partial charge on any atom is -0.299 e. The zero-order valence-corrected chi connectivity index (χ0v) is 18.1. The molecule has 8 heteroatoms. The molecule has 0 bridgehead atoms. The van der Waals surface area contributed by atoms with Crippen molar-refractivity contribution in [1.29, 1.82) is 0 Å². The summed E-state index contributed by atoms with van der Waals surface area (Å²) in [4.78, 5) is 8.96. The van der Waals surface area contributed by atoms with Crippen LogP contribution in [0.2, 0.25) is 10.0 Å². The van der Waals surface area contributed by atoms with Crippen LogP contribution in [0.4, 0.5) is 11.4 Å². The lowest BCUT2D eigenvalue weighted by atomic mass is 10.2. The Labute approximate surface area is 173 Å². The average Bonchev–Trinajstić information content (AvgIpc) is 2.58. The molecule has 0 aliphatic carbocycles. The third-order valence-electron chi connectivity index (χ3n) is 3.31. The zero-order valence-electron chi connectivity index (χ0n) is 15.0. The topological polar surface area (TPSA) is 31.2 Å². The van der Waals surface area contributed by atoms with E-state index in [-0.39, 0.29) is 0 Å². The Kier molecular flexibility index (Phi) is 8.15. The summed E-state index contributed by atoms with van der Waals surface area (Å²) in [6, 6.07) is 11.3. The van der Waals surface area contributed by atoms with Crippen LogP contribution in [-0.4, -0.2) is 35.4 Å². The number of aryl methyl sites for hydroxylation is 2. The van der Waals surface area contributed by atoms with Crippen molar-refractivity contribution in [1.82, 2.24) is 8.61 Å². The van der Waals surface area contributed by atoms with E-state index >= 15 is 0 Å². The second-order valence-corrected chi connectivity index (χ2v) is 8.81. The Hall–Kier alpha value is -1.34. The molecule has 0 fully saturated rings. The molecule has 138 valence electrons. The van der Waals surface area contributed by atoms with Crippen molar-refractivity contribution in [2.45, 2.75) is 13.8 Å². The van der Waals surface area contributed by atoms with Gasteiger partial charge in [0, 0.05) is 46.1 Å². The van der Waals surface area contributed by atoms with Gasteiger partial charge >= 0.3 is 0 Å². The molecule has 2 aromatic rings. The fourth-order valence-corrected chi connectivity index (χ4v) is 3.65. The molecule has 0 atom stereocenters. The zero-order chi connectivity index (χ0) is 19.1. The van der Waals surface area contributed by atoms with Crippen LogP contribution in [0, 0.1) is 13.8 Å². The Balaban J connectivity index is 1.85. The second kappa shape index (κ2) is 10.1. The van der Waals surface area contributed by atoms with Gasteiger partial charge in [-0.25, -0.2) is 9.98 Å². The highest BCUT2D eigenvalue weighted by Crippen LogP contribution is 2.28. The van der Waals surface area contributed by atoms with Crippen molar-refractivity contribution in [3.63, 3.8) is 0 Å². The molecule has 0 unspecified atom stereocenters. The Morgan fingerprint density at radius 3 is 1.50 bits per heavy atom. The molecular weight excluding hydrogens is 407 g/mol. The summed E-state index contributed by atoms with van der Waals surface area (Å²) in [5.74, 6) is 0. The molecule has 4 nitrogen and oxygen atoms in total. The summed E-state index contributed by atoms with van der Waals surface area (Å²) in [5.41, 5.74) is 3.89. The number of hydrogen-bond acceptors (Lipinski definition) is 4. The SMILES string of the molecule is Cc1cc(Cl)ccc1/N=C\N(C)SSN(C)/C=N\c1ccc(Cl)cc1C. The monoisotopic (exact) mass is 426 g/mol. The quantitative estimate of drug-likeness (QED) is 0.213. The molecule has 0 radical (unpaired) electrons. The Morgan fingerprint density at radius 1 is 0.769 bits per heavy atom. The predicted molar refractivity (Wildman–Crippen MR) is 119 cm³/mol. The number of benzene rings is 2. The minimum atomic E-state index is 0.719. The molecule has 2 rings (SSSR count). The maximum atomic E-state index is 5.96. The van der Waals surface area contributed by atoms with Crippen molar-refractivity contribution in [2.24, 2.45) is 9.98 Å². The molecule has 0 saturated carbocycles. The largest absolute Gasteiger partial charge is 0.299 e. The number of nitrogens with zero attached hydrogens (tertiary/aromatic N) is 4. The summed E-state index contributed by atoms with van der Waals surface area (Å²) in [6.07, 6.45) is 3.56. The Morgan fingerprint density at radius 2 is 1.15 bits per heavy atom. The number of hydrogen-bond donors (Lipinski definition) is 0. The highest BCUT2D eigenvalue weighted by molar-refractivity contribution is 8.75. The first-order valence-corrected chi connectivity index (χ1v) is 10.6. The fraction of sp³-hybridized carbons (Fsp3) is 0.222. The van der Waals surface area contributed by atoms with Gasteiger partial charge in [-0.3, -0.25) is 8.61 Å². The normalized spacial score (nSPS) is 11.5. The van der Waals surface area contributed by atoms with Crippen LogP contribution >= 0.6 is 45.2 Å². The summed E-state index contributed by atoms with van der Waals surface area (Å²) < 4.78 is 3.85. The summed E-state index contributed by atoms with van der Waals surface area (Å²) >= 11 is 11.9. The molecule has 0 aliphatic heterocycles. The van der Waals surface area contributed by atoms with Crippen LogP contribution in [0.5, 0.6) is 0 Å². The van der Waals surface area contributed by atoms with Crippen molar-refractivity contribution < 1.29 is 0 Å². The number of aliphatic imine (C=N–C) groups is 2. The lowest BCUT2D eigenvalue weighted by molar-refractivity contribution is 0.866. The number of halogens is 2.